The Morgan fingerprint density at radius 2 is 1.94 bits per heavy atom. The zero-order valence-electron chi connectivity index (χ0n) is 17.8. The molecule has 2 heterocycles. The fraction of sp³-hybridized carbons (Fsp3) is 0.292. The molecular formula is C24H24FN3O4S. The minimum atomic E-state index is -1.16. The highest BCUT2D eigenvalue weighted by molar-refractivity contribution is 7.12. The topological polar surface area (TPSA) is 91.7 Å². The highest BCUT2D eigenvalue weighted by Crippen LogP contribution is 2.30. The van der Waals surface area contributed by atoms with E-state index >= 15 is 0 Å². The van der Waals surface area contributed by atoms with Crippen molar-refractivity contribution in [2.45, 2.75) is 37.8 Å². The van der Waals surface area contributed by atoms with Crippen molar-refractivity contribution < 1.29 is 23.2 Å². The number of rotatable bonds is 8. The van der Waals surface area contributed by atoms with Crippen LogP contribution >= 0.6 is 11.3 Å². The summed E-state index contributed by atoms with van der Waals surface area (Å²) in [4.78, 5) is 40.8. The molecule has 3 aromatic rings. The fourth-order valence-corrected chi connectivity index (χ4v) is 4.61. The summed E-state index contributed by atoms with van der Waals surface area (Å²) in [6.45, 7) is -0.374. The average Bonchev–Trinajstić information content (AvgIpc) is 3.58. The molecule has 0 bridgehead atoms. The molecule has 1 aliphatic rings. The van der Waals surface area contributed by atoms with E-state index in [0.29, 0.717) is 4.88 Å². The Balaban J connectivity index is 1.63. The molecule has 1 aromatic carbocycles. The molecule has 1 atom stereocenters. The fourth-order valence-electron chi connectivity index (χ4n) is 3.97. The number of benzene rings is 1. The van der Waals surface area contributed by atoms with Gasteiger partial charge >= 0.3 is 0 Å². The molecule has 7 nitrogen and oxygen atoms in total. The van der Waals surface area contributed by atoms with Crippen LogP contribution in [0, 0.1) is 5.82 Å². The summed E-state index contributed by atoms with van der Waals surface area (Å²) in [7, 11) is 0. The van der Waals surface area contributed by atoms with Crippen LogP contribution in [0.15, 0.2) is 64.6 Å². The van der Waals surface area contributed by atoms with E-state index < -0.39 is 29.6 Å². The summed E-state index contributed by atoms with van der Waals surface area (Å²) in [6.07, 6.45) is 5.19. The molecule has 1 fully saturated rings. The average molecular weight is 470 g/mol. The molecule has 33 heavy (non-hydrogen) atoms. The van der Waals surface area contributed by atoms with Crippen molar-refractivity contribution in [1.82, 2.24) is 10.6 Å². The third-order valence-electron chi connectivity index (χ3n) is 5.52. The molecule has 0 radical (unpaired) electrons. The molecule has 3 amide bonds. The minimum Gasteiger partial charge on any atom is -0.467 e. The third kappa shape index (κ3) is 5.48. The van der Waals surface area contributed by atoms with Gasteiger partial charge in [-0.25, -0.2) is 4.39 Å². The van der Waals surface area contributed by atoms with E-state index in [1.165, 1.54) is 40.7 Å². The lowest BCUT2D eigenvalue weighted by Gasteiger charge is -2.31. The number of carbonyl (C=O) groups excluding carboxylic acids is 3. The molecule has 0 unspecified atom stereocenters. The maximum atomic E-state index is 14.1. The first kappa shape index (κ1) is 22.7. The van der Waals surface area contributed by atoms with Gasteiger partial charge in [-0.05, 0) is 54.6 Å². The number of hydrogen-bond donors (Lipinski definition) is 2. The van der Waals surface area contributed by atoms with Crippen molar-refractivity contribution in [2.24, 2.45) is 0 Å². The Morgan fingerprint density at radius 3 is 2.61 bits per heavy atom. The quantitative estimate of drug-likeness (QED) is 0.521. The molecule has 0 saturated heterocycles. The second kappa shape index (κ2) is 10.4. The Bertz CT molecular complexity index is 1090. The molecule has 0 aliphatic heterocycles. The van der Waals surface area contributed by atoms with Crippen LogP contribution in [-0.4, -0.2) is 30.3 Å². The lowest BCUT2D eigenvalue weighted by molar-refractivity contribution is -0.127. The molecular weight excluding hydrogens is 445 g/mol. The van der Waals surface area contributed by atoms with Crippen molar-refractivity contribution in [1.29, 1.82) is 0 Å². The van der Waals surface area contributed by atoms with Crippen LogP contribution in [0.2, 0.25) is 0 Å². The minimum absolute atomic E-state index is 0.0120. The summed E-state index contributed by atoms with van der Waals surface area (Å²) >= 11 is 1.25. The number of hydrogen-bond acceptors (Lipinski definition) is 5. The van der Waals surface area contributed by atoms with E-state index in [1.54, 1.807) is 35.7 Å². The van der Waals surface area contributed by atoms with Gasteiger partial charge in [0.15, 0.2) is 6.04 Å². The Labute approximate surface area is 194 Å². The SMILES string of the molecule is O=C(NCC(=O)N(c1cccc(F)c1)[C@@H](C(=O)NC1CCCC1)c1ccco1)c1cccs1. The van der Waals surface area contributed by atoms with E-state index in [9.17, 15) is 18.8 Å². The first-order chi connectivity index (χ1) is 16.0. The molecule has 2 N–H and O–H groups in total. The van der Waals surface area contributed by atoms with Crippen LogP contribution in [0.3, 0.4) is 0 Å². The van der Waals surface area contributed by atoms with Crippen LogP contribution in [0.4, 0.5) is 10.1 Å². The third-order valence-corrected chi connectivity index (χ3v) is 6.39. The second-order valence-corrected chi connectivity index (χ2v) is 8.76. The largest absolute Gasteiger partial charge is 0.467 e. The lowest BCUT2D eigenvalue weighted by atomic mass is 10.1. The Hall–Kier alpha value is -3.46. The predicted octanol–water partition coefficient (Wildman–Crippen LogP) is 4.04. The zero-order chi connectivity index (χ0) is 23.2. The molecule has 9 heteroatoms. The van der Waals surface area contributed by atoms with Crippen molar-refractivity contribution in [3.8, 4) is 0 Å². The number of amides is 3. The van der Waals surface area contributed by atoms with Gasteiger partial charge in [-0.2, -0.15) is 0 Å². The predicted molar refractivity (Wildman–Crippen MR) is 122 cm³/mol. The molecule has 4 rings (SSSR count). The van der Waals surface area contributed by atoms with E-state index in [1.807, 2.05) is 0 Å². The number of nitrogens with zero attached hydrogens (tertiary/aromatic N) is 1. The summed E-state index contributed by atoms with van der Waals surface area (Å²) in [6, 6.07) is 10.9. The van der Waals surface area contributed by atoms with Gasteiger partial charge < -0.3 is 15.1 Å². The first-order valence-electron chi connectivity index (χ1n) is 10.8. The second-order valence-electron chi connectivity index (χ2n) is 7.81. The van der Waals surface area contributed by atoms with Crippen molar-refractivity contribution in [3.63, 3.8) is 0 Å². The molecule has 0 spiro atoms. The number of carbonyl (C=O) groups is 3. The van der Waals surface area contributed by atoms with Gasteiger partial charge in [-0.15, -0.1) is 11.3 Å². The summed E-state index contributed by atoms with van der Waals surface area (Å²) < 4.78 is 19.6. The molecule has 1 aliphatic carbocycles. The van der Waals surface area contributed by atoms with Crippen molar-refractivity contribution >= 4 is 34.7 Å². The highest BCUT2D eigenvalue weighted by Gasteiger charge is 2.36. The van der Waals surface area contributed by atoms with Crippen LogP contribution in [0.5, 0.6) is 0 Å². The van der Waals surface area contributed by atoms with Crippen molar-refractivity contribution in [2.75, 3.05) is 11.4 Å². The van der Waals surface area contributed by atoms with Gasteiger partial charge in [-0.3, -0.25) is 19.3 Å². The van der Waals surface area contributed by atoms with Gasteiger partial charge in [0.1, 0.15) is 11.6 Å². The van der Waals surface area contributed by atoms with Gasteiger partial charge in [0.05, 0.1) is 17.7 Å². The molecule has 172 valence electrons. The highest BCUT2D eigenvalue weighted by atomic mass is 32.1. The summed E-state index contributed by atoms with van der Waals surface area (Å²) in [5, 5.41) is 7.35. The van der Waals surface area contributed by atoms with E-state index in [2.05, 4.69) is 10.6 Å². The van der Waals surface area contributed by atoms with Crippen LogP contribution in [-0.2, 0) is 9.59 Å². The molecule has 2 aromatic heterocycles. The van der Waals surface area contributed by atoms with Gasteiger partial charge in [0.2, 0.25) is 5.91 Å². The molecule has 1 saturated carbocycles. The van der Waals surface area contributed by atoms with Gasteiger partial charge in [0, 0.05) is 11.7 Å². The number of thiophene rings is 1. The normalized spacial score (nSPS) is 14.6. The summed E-state index contributed by atoms with van der Waals surface area (Å²) in [5.41, 5.74) is 0.188. The lowest BCUT2D eigenvalue weighted by Crippen LogP contribution is -2.49. The number of anilines is 1. The van der Waals surface area contributed by atoms with Crippen LogP contribution in [0.25, 0.3) is 0 Å². The summed E-state index contributed by atoms with van der Waals surface area (Å²) in [5.74, 6) is -1.70. The van der Waals surface area contributed by atoms with E-state index in [0.717, 1.165) is 25.7 Å². The van der Waals surface area contributed by atoms with Gasteiger partial charge in [-0.1, -0.05) is 25.0 Å². The monoisotopic (exact) mass is 469 g/mol. The zero-order valence-corrected chi connectivity index (χ0v) is 18.6. The van der Waals surface area contributed by atoms with Crippen LogP contribution in [0.1, 0.15) is 47.2 Å². The number of furan rings is 1. The van der Waals surface area contributed by atoms with Gasteiger partial charge in [0.25, 0.3) is 11.8 Å². The Morgan fingerprint density at radius 1 is 1.12 bits per heavy atom. The first-order valence-corrected chi connectivity index (χ1v) is 11.6. The standard InChI is InChI=1S/C24H24FN3O4S/c25-16-6-3-9-18(14-16)28(21(29)15-26-23(30)20-11-5-13-33-20)22(19-10-4-12-32-19)24(31)27-17-7-1-2-8-17/h3-6,9-14,17,22H,1-2,7-8,15H2,(H,26,30)(H,27,31)/t22-/m1/s1. The maximum absolute atomic E-state index is 14.1. The van der Waals surface area contributed by atoms with E-state index in [4.69, 9.17) is 4.42 Å². The van der Waals surface area contributed by atoms with E-state index in [-0.39, 0.29) is 24.0 Å². The number of nitrogens with one attached hydrogen (secondary N) is 2. The smallest absolute Gasteiger partial charge is 0.261 e. The van der Waals surface area contributed by atoms with Crippen molar-refractivity contribution in [3.05, 3.63) is 76.6 Å². The Kier molecular flexibility index (Phi) is 7.19. The number of halogens is 1. The van der Waals surface area contributed by atoms with Crippen LogP contribution < -0.4 is 15.5 Å². The maximum Gasteiger partial charge on any atom is 0.261 e.